The molecule has 3 rings (SSSR count). The lowest BCUT2D eigenvalue weighted by atomic mass is 9.92. The molecule has 1 unspecified atom stereocenters. The molecule has 0 saturated carbocycles. The fourth-order valence-electron chi connectivity index (χ4n) is 2.57. The summed E-state index contributed by atoms with van der Waals surface area (Å²) < 4.78 is 1.86. The van der Waals surface area contributed by atoms with Crippen LogP contribution in [0.25, 0.3) is 0 Å². The van der Waals surface area contributed by atoms with Crippen molar-refractivity contribution < 1.29 is 14.9 Å². The van der Waals surface area contributed by atoms with Gasteiger partial charge in [0.05, 0.1) is 16.7 Å². The molecule has 4 heteroatoms. The van der Waals surface area contributed by atoms with Crippen LogP contribution in [-0.2, 0) is 4.52 Å². The first kappa shape index (κ1) is 13.8. The van der Waals surface area contributed by atoms with E-state index >= 15 is 0 Å². The van der Waals surface area contributed by atoms with Crippen molar-refractivity contribution in [3.05, 3.63) is 77.1 Å². The first-order chi connectivity index (χ1) is 10.1. The smallest absolute Gasteiger partial charge is 0.274 e. The van der Waals surface area contributed by atoms with Crippen LogP contribution < -0.4 is 5.26 Å². The van der Waals surface area contributed by atoms with E-state index in [1.54, 1.807) is 6.07 Å². The second kappa shape index (κ2) is 5.31. The lowest BCUT2D eigenvalue weighted by Crippen LogP contribution is -2.34. The average Bonchev–Trinajstić information content (AvgIpc) is 2.51. The van der Waals surface area contributed by atoms with Crippen LogP contribution in [0.5, 0.6) is 5.75 Å². The van der Waals surface area contributed by atoms with E-state index in [1.807, 2.05) is 53.9 Å². The number of thiocarbonyl (C=S) groups is 1. The molecule has 1 N–H and O–H groups in total. The van der Waals surface area contributed by atoms with Crippen molar-refractivity contribution in [1.29, 1.82) is 0 Å². The van der Waals surface area contributed by atoms with E-state index in [1.165, 1.54) is 0 Å². The molecule has 0 spiro atoms. The van der Waals surface area contributed by atoms with Gasteiger partial charge >= 0.3 is 0 Å². The molecule has 2 aromatic carbocycles. The van der Waals surface area contributed by atoms with E-state index in [9.17, 15) is 10.4 Å². The SMILES string of the molecule is Cc1ccc2c(c1)C(=S)C(=CO)C(c1ccccc1)[O+]2[O-]. The van der Waals surface area contributed by atoms with Gasteiger partial charge in [-0.05, 0) is 30.7 Å². The molecule has 0 saturated heterocycles. The van der Waals surface area contributed by atoms with Crippen LogP contribution in [0.3, 0.4) is 0 Å². The molecule has 0 aliphatic carbocycles. The Kier molecular flexibility index (Phi) is 3.49. The Morgan fingerprint density at radius 3 is 2.57 bits per heavy atom. The monoisotopic (exact) mass is 298 g/mol. The van der Waals surface area contributed by atoms with Crippen molar-refractivity contribution in [1.82, 2.24) is 0 Å². The molecule has 0 radical (unpaired) electrons. The predicted molar refractivity (Wildman–Crippen MR) is 83.3 cm³/mol. The highest BCUT2D eigenvalue weighted by Gasteiger charge is 2.38. The average molecular weight is 298 g/mol. The Labute approximate surface area is 128 Å². The van der Waals surface area contributed by atoms with E-state index in [-0.39, 0.29) is 0 Å². The minimum Gasteiger partial charge on any atom is -0.556 e. The molecule has 1 aliphatic heterocycles. The molecule has 0 amide bonds. The maximum Gasteiger partial charge on any atom is 0.274 e. The van der Waals surface area contributed by atoms with Crippen LogP contribution in [0, 0.1) is 6.92 Å². The lowest BCUT2D eigenvalue weighted by molar-refractivity contribution is -0.780. The summed E-state index contributed by atoms with van der Waals surface area (Å²) in [5.74, 6) is 0.463. The summed E-state index contributed by atoms with van der Waals surface area (Å²) >= 11 is 5.46. The quantitative estimate of drug-likeness (QED) is 0.288. The van der Waals surface area contributed by atoms with Gasteiger partial charge in [-0.3, -0.25) is 0 Å². The van der Waals surface area contributed by atoms with Gasteiger partial charge in [-0.15, -0.1) is 0 Å². The van der Waals surface area contributed by atoms with Crippen molar-refractivity contribution in [3.63, 3.8) is 0 Å². The van der Waals surface area contributed by atoms with Crippen molar-refractivity contribution in [2.24, 2.45) is 0 Å². The van der Waals surface area contributed by atoms with E-state index in [4.69, 9.17) is 12.2 Å². The van der Waals surface area contributed by atoms with Gasteiger partial charge in [0.15, 0.2) is 0 Å². The van der Waals surface area contributed by atoms with Crippen LogP contribution in [0.15, 0.2) is 60.4 Å². The highest BCUT2D eigenvalue weighted by Crippen LogP contribution is 2.45. The normalized spacial score (nSPS) is 19.7. The highest BCUT2D eigenvalue weighted by atomic mass is 32.1. The van der Waals surface area contributed by atoms with Gasteiger partial charge in [0.1, 0.15) is 5.57 Å². The fourth-order valence-corrected chi connectivity index (χ4v) is 2.89. The van der Waals surface area contributed by atoms with Crippen LogP contribution >= 0.6 is 12.2 Å². The first-order valence-corrected chi connectivity index (χ1v) is 6.99. The Hall–Kier alpha value is -2.17. The minimum absolute atomic E-state index is 0.425. The Bertz CT molecular complexity index is 722. The fraction of sp³-hybridized carbons (Fsp3) is 0.118. The van der Waals surface area contributed by atoms with Crippen molar-refractivity contribution >= 4 is 17.1 Å². The number of rotatable bonds is 1. The molecule has 1 aliphatic rings. The Morgan fingerprint density at radius 2 is 1.90 bits per heavy atom. The number of benzene rings is 2. The number of aliphatic hydroxyl groups is 1. The number of aliphatic hydroxyl groups excluding tert-OH is 1. The Balaban J connectivity index is 2.19. The predicted octanol–water partition coefficient (Wildman–Crippen LogP) is 3.45. The third-order valence-corrected chi connectivity index (χ3v) is 4.05. The van der Waals surface area contributed by atoms with E-state index < -0.39 is 6.10 Å². The molecule has 1 heterocycles. The van der Waals surface area contributed by atoms with E-state index in [2.05, 4.69) is 0 Å². The topological polar surface area (TPSA) is 46.0 Å². The zero-order valence-corrected chi connectivity index (χ0v) is 12.3. The second-order valence-corrected chi connectivity index (χ2v) is 5.41. The molecule has 2 aromatic rings. The Morgan fingerprint density at radius 1 is 1.19 bits per heavy atom. The maximum atomic E-state index is 12.7. The summed E-state index contributed by atoms with van der Waals surface area (Å²) in [5, 5.41) is 22.2. The molecule has 3 nitrogen and oxygen atoms in total. The largest absolute Gasteiger partial charge is 0.556 e. The van der Waals surface area contributed by atoms with Gasteiger partial charge in [0.25, 0.3) is 5.75 Å². The number of hydrogen-bond donors (Lipinski definition) is 1. The number of fused-ring (bicyclic) bond motifs is 1. The second-order valence-electron chi connectivity index (χ2n) is 5.00. The van der Waals surface area contributed by atoms with Gasteiger partial charge in [0.2, 0.25) is 6.10 Å². The highest BCUT2D eigenvalue weighted by molar-refractivity contribution is 7.81. The van der Waals surface area contributed by atoms with Gasteiger partial charge in [-0.2, -0.15) is 0 Å². The summed E-state index contributed by atoms with van der Waals surface area (Å²) in [6.45, 7) is 1.94. The van der Waals surface area contributed by atoms with Crippen molar-refractivity contribution in [2.45, 2.75) is 13.0 Å². The standard InChI is InChI=1S/C17H14O3S/c1-11-7-8-15-13(9-11)17(21)14(10-18)16(20(15)19)12-5-3-2-4-6-12/h2-10,16,18H,1H3. The number of hydrogen-bond acceptors (Lipinski definition) is 3. The van der Waals surface area contributed by atoms with Crippen LogP contribution in [0.4, 0.5) is 0 Å². The molecule has 0 aromatic heterocycles. The summed E-state index contributed by atoms with van der Waals surface area (Å²) in [6, 6.07) is 14.7. The number of aryl methyl sites for hydroxylation is 1. The van der Waals surface area contributed by atoms with Crippen LogP contribution in [0.1, 0.15) is 22.8 Å². The first-order valence-electron chi connectivity index (χ1n) is 6.58. The van der Waals surface area contributed by atoms with Gasteiger partial charge in [0, 0.05) is 11.6 Å². The zero-order chi connectivity index (χ0) is 15.0. The molecular formula is C17H14O3S. The molecular weight excluding hydrogens is 284 g/mol. The van der Waals surface area contributed by atoms with Gasteiger partial charge < -0.3 is 14.9 Å². The summed E-state index contributed by atoms with van der Waals surface area (Å²) in [7, 11) is 0. The minimum atomic E-state index is -0.695. The molecule has 21 heavy (non-hydrogen) atoms. The molecule has 0 bridgehead atoms. The summed E-state index contributed by atoms with van der Waals surface area (Å²) in [5.41, 5.74) is 2.87. The van der Waals surface area contributed by atoms with E-state index in [0.29, 0.717) is 21.8 Å². The maximum absolute atomic E-state index is 12.7. The lowest BCUT2D eigenvalue weighted by Gasteiger charge is -2.39. The van der Waals surface area contributed by atoms with Gasteiger partial charge in [-0.1, -0.05) is 36.5 Å². The van der Waals surface area contributed by atoms with E-state index in [0.717, 1.165) is 17.4 Å². The molecule has 106 valence electrons. The molecule has 0 fully saturated rings. The zero-order valence-electron chi connectivity index (χ0n) is 11.4. The van der Waals surface area contributed by atoms with Crippen LogP contribution in [-0.4, -0.2) is 9.97 Å². The van der Waals surface area contributed by atoms with Crippen molar-refractivity contribution in [3.8, 4) is 5.75 Å². The van der Waals surface area contributed by atoms with Gasteiger partial charge in [-0.25, -0.2) is 0 Å². The van der Waals surface area contributed by atoms with Crippen molar-refractivity contribution in [2.75, 3.05) is 0 Å². The summed E-state index contributed by atoms with van der Waals surface area (Å²) in [6.07, 6.45) is 0.238. The summed E-state index contributed by atoms with van der Waals surface area (Å²) in [4.78, 5) is 0.504. The molecule has 1 atom stereocenters. The third kappa shape index (κ3) is 2.22. The third-order valence-electron chi connectivity index (χ3n) is 3.60. The van der Waals surface area contributed by atoms with Crippen LogP contribution in [0.2, 0.25) is 0 Å².